The fraction of sp³-hybridized carbons (Fsp3) is 0.308. The molecule has 2 nitrogen and oxygen atoms in total. The van der Waals surface area contributed by atoms with Crippen LogP contribution in [0.15, 0.2) is 66.3 Å². The minimum Gasteiger partial charge on any atom is -0.481 e. The number of benzene rings is 2. The molecule has 2 aromatic carbocycles. The van der Waals surface area contributed by atoms with Gasteiger partial charge in [0.05, 0.1) is 0 Å². The number of hydrogen-bond acceptors (Lipinski definition) is 2. The Morgan fingerprint density at radius 2 is 1.80 bits per heavy atom. The molecule has 0 radical (unpaired) electrons. The van der Waals surface area contributed by atoms with Crippen LogP contribution < -0.4 is 0 Å². The van der Waals surface area contributed by atoms with Gasteiger partial charge in [0, 0.05) is 22.7 Å². The van der Waals surface area contributed by atoms with Crippen LogP contribution in [0.4, 0.5) is 0 Å². The highest BCUT2D eigenvalue weighted by Crippen LogP contribution is 2.27. The molecule has 3 rings (SSSR count). The van der Waals surface area contributed by atoms with Crippen molar-refractivity contribution in [2.24, 2.45) is 0 Å². The number of carbonyl (C=O) groups is 1. The van der Waals surface area contributed by atoms with Gasteiger partial charge in [-0.1, -0.05) is 86.2 Å². The third-order valence-corrected chi connectivity index (χ3v) is 5.80. The number of halogens is 1. The van der Waals surface area contributed by atoms with E-state index in [1.165, 1.54) is 27.8 Å². The molecule has 0 atom stereocenters. The fourth-order valence-corrected chi connectivity index (χ4v) is 3.74. The molecule has 0 saturated carbocycles. The largest absolute Gasteiger partial charge is 0.481 e. The molecule has 1 N–H and O–H groups in total. The molecule has 0 unspecified atom stereocenters. The van der Waals surface area contributed by atoms with E-state index >= 15 is 0 Å². The Balaban J connectivity index is 0.000000214. The van der Waals surface area contributed by atoms with Crippen molar-refractivity contribution in [3.63, 3.8) is 0 Å². The van der Waals surface area contributed by atoms with Gasteiger partial charge in [0.2, 0.25) is 0 Å². The van der Waals surface area contributed by atoms with E-state index in [0.29, 0.717) is 5.92 Å². The molecule has 0 aliphatic heterocycles. The van der Waals surface area contributed by atoms with Gasteiger partial charge in [-0.15, -0.1) is 0 Å². The second kappa shape index (κ2) is 11.8. The lowest BCUT2D eigenvalue weighted by molar-refractivity contribution is -0.137. The first kappa shape index (κ1) is 24.0. The summed E-state index contributed by atoms with van der Waals surface area (Å²) >= 11 is 11.2. The monoisotopic (exact) mass is 440 g/mol. The van der Waals surface area contributed by atoms with Crippen molar-refractivity contribution in [3.05, 3.63) is 88.0 Å². The average molecular weight is 441 g/mol. The third kappa shape index (κ3) is 7.23. The Morgan fingerprint density at radius 3 is 2.43 bits per heavy atom. The van der Waals surface area contributed by atoms with Gasteiger partial charge in [-0.3, -0.25) is 4.79 Å². The summed E-state index contributed by atoms with van der Waals surface area (Å²) < 4.78 is 0. The van der Waals surface area contributed by atoms with Gasteiger partial charge >= 0.3 is 5.97 Å². The fourth-order valence-electron chi connectivity index (χ4n) is 3.41. The van der Waals surface area contributed by atoms with Crippen molar-refractivity contribution in [2.75, 3.05) is 0 Å². The first-order valence-corrected chi connectivity index (χ1v) is 11.0. The summed E-state index contributed by atoms with van der Waals surface area (Å²) in [6, 6.07) is 16.1. The van der Waals surface area contributed by atoms with Gasteiger partial charge in [-0.2, -0.15) is 0 Å². The molecular weight excluding hydrogens is 412 g/mol. The maximum atomic E-state index is 10.4. The molecule has 0 amide bonds. The minimum absolute atomic E-state index is 0.256. The molecule has 0 spiro atoms. The summed E-state index contributed by atoms with van der Waals surface area (Å²) in [4.78, 5) is 11.4. The highest BCUT2D eigenvalue weighted by Gasteiger charge is 2.10. The van der Waals surface area contributed by atoms with Gasteiger partial charge in [0.15, 0.2) is 0 Å². The van der Waals surface area contributed by atoms with Gasteiger partial charge in [0.25, 0.3) is 0 Å². The summed E-state index contributed by atoms with van der Waals surface area (Å²) in [5, 5.41) is 9.33. The van der Waals surface area contributed by atoms with E-state index in [4.69, 9.17) is 28.9 Å². The molecule has 2 aromatic rings. The summed E-state index contributed by atoms with van der Waals surface area (Å²) in [7, 11) is 0. The average Bonchev–Trinajstić information content (AvgIpc) is 2.71. The van der Waals surface area contributed by atoms with Gasteiger partial charge in [-0.25, -0.2) is 0 Å². The second-order valence-electron chi connectivity index (χ2n) is 7.68. The summed E-state index contributed by atoms with van der Waals surface area (Å²) in [5.74, 6) is -0.206. The van der Waals surface area contributed by atoms with Crippen molar-refractivity contribution in [1.82, 2.24) is 0 Å². The minimum atomic E-state index is -0.711. The zero-order chi connectivity index (χ0) is 22.1. The van der Waals surface area contributed by atoms with Crippen molar-refractivity contribution in [1.29, 1.82) is 0 Å². The van der Waals surface area contributed by atoms with Crippen LogP contribution in [-0.4, -0.2) is 15.9 Å². The molecule has 1 aliphatic rings. The Labute approximate surface area is 190 Å². The molecule has 158 valence electrons. The van der Waals surface area contributed by atoms with Crippen molar-refractivity contribution >= 4 is 40.2 Å². The topological polar surface area (TPSA) is 37.3 Å². The van der Waals surface area contributed by atoms with Crippen LogP contribution in [0, 0.1) is 0 Å². The predicted octanol–water partition coefficient (Wildman–Crippen LogP) is 7.66. The molecule has 0 fully saturated rings. The summed E-state index contributed by atoms with van der Waals surface area (Å²) in [5.41, 5.74) is 6.21. The Bertz CT molecular complexity index is 940. The molecule has 0 bridgehead atoms. The predicted molar refractivity (Wildman–Crippen MR) is 132 cm³/mol. The van der Waals surface area contributed by atoms with E-state index in [0.717, 1.165) is 29.1 Å². The Morgan fingerprint density at radius 1 is 1.13 bits per heavy atom. The lowest BCUT2D eigenvalue weighted by atomic mass is 9.93. The number of carboxylic acids is 1. The van der Waals surface area contributed by atoms with Crippen LogP contribution in [-0.2, 0) is 11.2 Å². The number of aliphatic carboxylic acids is 1. The number of allylic oxidation sites excluding steroid dienone is 4. The SMILES string of the molecule is CC(C)c1ccccc1CCCC(=O)O.CC1=C(c2ccc(Cl)cc2)C=CCC1=S. The zero-order valence-electron chi connectivity index (χ0n) is 17.8. The molecule has 0 saturated heterocycles. The lowest BCUT2D eigenvalue weighted by Gasteiger charge is -2.13. The van der Waals surface area contributed by atoms with E-state index in [2.05, 4.69) is 45.1 Å². The van der Waals surface area contributed by atoms with E-state index in [-0.39, 0.29) is 6.42 Å². The number of carboxylic acid groups (broad SMARTS) is 1. The second-order valence-corrected chi connectivity index (χ2v) is 8.61. The van der Waals surface area contributed by atoms with Crippen LogP contribution in [0.1, 0.15) is 62.6 Å². The van der Waals surface area contributed by atoms with Gasteiger partial charge in [-0.05, 0) is 65.7 Å². The first-order valence-electron chi connectivity index (χ1n) is 10.3. The molecule has 0 heterocycles. The number of aryl methyl sites for hydroxylation is 1. The Hall–Kier alpha value is -2.23. The van der Waals surface area contributed by atoms with E-state index in [9.17, 15) is 4.79 Å². The van der Waals surface area contributed by atoms with Crippen LogP contribution in [0.5, 0.6) is 0 Å². The quantitative estimate of drug-likeness (QED) is 0.468. The van der Waals surface area contributed by atoms with E-state index in [1.54, 1.807) is 0 Å². The van der Waals surface area contributed by atoms with Crippen LogP contribution in [0.2, 0.25) is 5.02 Å². The summed E-state index contributed by atoms with van der Waals surface area (Å²) in [6.45, 7) is 6.40. The maximum absolute atomic E-state index is 10.4. The highest BCUT2D eigenvalue weighted by atomic mass is 35.5. The van der Waals surface area contributed by atoms with Crippen molar-refractivity contribution < 1.29 is 9.90 Å². The molecule has 4 heteroatoms. The number of thiocarbonyl (C=S) groups is 1. The zero-order valence-corrected chi connectivity index (χ0v) is 19.4. The van der Waals surface area contributed by atoms with Crippen molar-refractivity contribution in [2.45, 2.75) is 52.4 Å². The van der Waals surface area contributed by atoms with E-state index in [1.807, 2.05) is 36.4 Å². The van der Waals surface area contributed by atoms with Crippen molar-refractivity contribution in [3.8, 4) is 0 Å². The third-order valence-electron chi connectivity index (χ3n) is 5.08. The first-order chi connectivity index (χ1) is 14.3. The normalized spacial score (nSPS) is 13.3. The lowest BCUT2D eigenvalue weighted by Crippen LogP contribution is -2.02. The van der Waals surface area contributed by atoms with Crippen LogP contribution in [0.25, 0.3) is 5.57 Å². The van der Waals surface area contributed by atoms with Gasteiger partial charge in [0.1, 0.15) is 0 Å². The molecule has 0 aromatic heterocycles. The standard InChI is InChI=1S/C13H11ClS.C13H18O2/c1-9-12(3-2-4-13(9)15)10-5-7-11(14)8-6-10;1-10(2)12-8-4-3-6-11(12)7-5-9-13(14)15/h2-3,5-8H,4H2,1H3;3-4,6,8,10H,5,7,9H2,1-2H3,(H,14,15). The van der Waals surface area contributed by atoms with E-state index < -0.39 is 5.97 Å². The highest BCUT2D eigenvalue weighted by molar-refractivity contribution is 7.80. The number of rotatable bonds is 6. The maximum Gasteiger partial charge on any atom is 0.303 e. The molecule has 1 aliphatic carbocycles. The molecular formula is C26H29ClO2S. The Kier molecular flexibility index (Phi) is 9.48. The van der Waals surface area contributed by atoms with Crippen LogP contribution in [0.3, 0.4) is 0 Å². The smallest absolute Gasteiger partial charge is 0.303 e. The number of hydrogen-bond donors (Lipinski definition) is 1. The van der Waals surface area contributed by atoms with Crippen LogP contribution >= 0.6 is 23.8 Å². The van der Waals surface area contributed by atoms with Gasteiger partial charge < -0.3 is 5.11 Å². The molecule has 30 heavy (non-hydrogen) atoms. The summed E-state index contributed by atoms with van der Waals surface area (Å²) in [6.07, 6.45) is 6.97.